The van der Waals surface area contributed by atoms with Crippen molar-refractivity contribution in [2.24, 2.45) is 0 Å². The number of hydrogen-bond acceptors (Lipinski definition) is 2. The highest BCUT2D eigenvalue weighted by Gasteiger charge is 2.16. The summed E-state index contributed by atoms with van der Waals surface area (Å²) >= 11 is 18.1. The number of hydrogen-bond donors (Lipinski definition) is 0. The summed E-state index contributed by atoms with van der Waals surface area (Å²) in [6, 6.07) is 9.67. The van der Waals surface area contributed by atoms with Gasteiger partial charge in [-0.15, -0.1) is 0 Å². The van der Waals surface area contributed by atoms with Crippen LogP contribution in [0, 0.1) is 6.92 Å². The molecule has 0 bridgehead atoms. The Balaban J connectivity index is 2.55. The van der Waals surface area contributed by atoms with Gasteiger partial charge in [0.2, 0.25) is 0 Å². The monoisotopic (exact) mass is 314 g/mol. The van der Waals surface area contributed by atoms with Gasteiger partial charge in [0.15, 0.2) is 5.82 Å². The van der Waals surface area contributed by atoms with Crippen LogP contribution in [-0.2, 0) is 0 Å². The van der Waals surface area contributed by atoms with Crippen LogP contribution in [0.2, 0.25) is 15.2 Å². The van der Waals surface area contributed by atoms with Crippen molar-refractivity contribution >= 4 is 46.3 Å². The molecule has 2 aromatic rings. The molecule has 0 saturated heterocycles. The number of aryl methyl sites for hydroxylation is 1. The lowest BCUT2D eigenvalue weighted by atomic mass is 10.2. The van der Waals surface area contributed by atoms with Crippen molar-refractivity contribution in [1.82, 2.24) is 4.98 Å². The molecule has 1 aromatic heterocycles. The van der Waals surface area contributed by atoms with Gasteiger partial charge in [-0.25, -0.2) is 4.98 Å². The SMILES string of the molecule is CCN(c1ccccc1C)c1nc(Cl)c(Cl)cc1Cl. The van der Waals surface area contributed by atoms with E-state index in [1.54, 1.807) is 6.07 Å². The van der Waals surface area contributed by atoms with E-state index < -0.39 is 0 Å². The molecule has 100 valence electrons. The smallest absolute Gasteiger partial charge is 0.153 e. The van der Waals surface area contributed by atoms with Crippen LogP contribution >= 0.6 is 34.8 Å². The number of pyridine rings is 1. The van der Waals surface area contributed by atoms with Gasteiger partial charge in [0.05, 0.1) is 10.0 Å². The Bertz CT molecular complexity index is 599. The zero-order valence-corrected chi connectivity index (χ0v) is 12.9. The lowest BCUT2D eigenvalue weighted by molar-refractivity contribution is 0.983. The Morgan fingerprint density at radius 1 is 1.11 bits per heavy atom. The second-order valence-corrected chi connectivity index (χ2v) is 5.27. The second kappa shape index (κ2) is 6.00. The first-order valence-electron chi connectivity index (χ1n) is 5.89. The first kappa shape index (κ1) is 14.4. The maximum Gasteiger partial charge on any atom is 0.153 e. The lowest BCUT2D eigenvalue weighted by Crippen LogP contribution is -2.19. The summed E-state index contributed by atoms with van der Waals surface area (Å²) in [4.78, 5) is 6.30. The largest absolute Gasteiger partial charge is 0.325 e. The van der Waals surface area contributed by atoms with E-state index in [4.69, 9.17) is 34.8 Å². The zero-order chi connectivity index (χ0) is 14.0. The van der Waals surface area contributed by atoms with Crippen LogP contribution < -0.4 is 4.90 Å². The van der Waals surface area contributed by atoms with Gasteiger partial charge in [-0.2, -0.15) is 0 Å². The maximum absolute atomic E-state index is 6.23. The summed E-state index contributed by atoms with van der Waals surface area (Å²) in [6.07, 6.45) is 0. The maximum atomic E-state index is 6.23. The van der Waals surface area contributed by atoms with Gasteiger partial charge in [-0.3, -0.25) is 0 Å². The highest BCUT2D eigenvalue weighted by atomic mass is 35.5. The van der Waals surface area contributed by atoms with Crippen molar-refractivity contribution < 1.29 is 0 Å². The Kier molecular flexibility index (Phi) is 4.56. The van der Waals surface area contributed by atoms with Crippen molar-refractivity contribution in [3.05, 3.63) is 51.1 Å². The minimum Gasteiger partial charge on any atom is -0.325 e. The highest BCUT2D eigenvalue weighted by Crippen LogP contribution is 2.35. The molecule has 0 saturated carbocycles. The summed E-state index contributed by atoms with van der Waals surface area (Å²) in [7, 11) is 0. The van der Waals surface area contributed by atoms with Crippen LogP contribution in [0.3, 0.4) is 0 Å². The minimum atomic E-state index is 0.258. The topological polar surface area (TPSA) is 16.1 Å². The van der Waals surface area contributed by atoms with Gasteiger partial charge in [-0.05, 0) is 31.5 Å². The molecule has 1 aromatic carbocycles. The zero-order valence-electron chi connectivity index (χ0n) is 10.6. The Labute approximate surface area is 127 Å². The third kappa shape index (κ3) is 2.97. The molecule has 2 rings (SSSR count). The van der Waals surface area contributed by atoms with E-state index in [2.05, 4.69) is 4.98 Å². The van der Waals surface area contributed by atoms with Crippen molar-refractivity contribution in [2.45, 2.75) is 13.8 Å². The molecule has 0 aliphatic rings. The molecule has 5 heteroatoms. The third-order valence-corrected chi connectivity index (χ3v) is 3.80. The lowest BCUT2D eigenvalue weighted by Gasteiger charge is -2.25. The Morgan fingerprint density at radius 2 is 1.79 bits per heavy atom. The van der Waals surface area contributed by atoms with Crippen LogP contribution in [0.4, 0.5) is 11.5 Å². The normalized spacial score (nSPS) is 10.6. The van der Waals surface area contributed by atoms with Gasteiger partial charge in [-0.1, -0.05) is 53.0 Å². The number of nitrogens with zero attached hydrogens (tertiary/aromatic N) is 2. The molecular weight excluding hydrogens is 303 g/mol. The average molecular weight is 316 g/mol. The summed E-state index contributed by atoms with van der Waals surface area (Å²) in [5.41, 5.74) is 2.20. The third-order valence-electron chi connectivity index (χ3n) is 2.85. The summed E-state index contributed by atoms with van der Waals surface area (Å²) in [6.45, 7) is 4.81. The van der Waals surface area contributed by atoms with Crippen LogP contribution in [0.25, 0.3) is 0 Å². The Morgan fingerprint density at radius 3 is 2.42 bits per heavy atom. The van der Waals surface area contributed by atoms with Gasteiger partial charge in [0, 0.05) is 12.2 Å². The average Bonchev–Trinajstić information content (AvgIpc) is 2.38. The molecule has 0 spiro atoms. The van der Waals surface area contributed by atoms with E-state index in [1.165, 1.54) is 0 Å². The molecular formula is C14H13Cl3N2. The van der Waals surface area contributed by atoms with E-state index in [0.717, 1.165) is 17.8 Å². The highest BCUT2D eigenvalue weighted by molar-refractivity contribution is 6.43. The number of aromatic nitrogens is 1. The molecule has 0 aliphatic carbocycles. The predicted octanol–water partition coefficient (Wildman–Crippen LogP) is 5.51. The molecule has 0 N–H and O–H groups in total. The molecule has 0 fully saturated rings. The molecule has 1 heterocycles. The second-order valence-electron chi connectivity index (χ2n) is 4.10. The summed E-state index contributed by atoms with van der Waals surface area (Å²) < 4.78 is 0. The van der Waals surface area contributed by atoms with Crippen LogP contribution in [0.5, 0.6) is 0 Å². The van der Waals surface area contributed by atoms with Crippen LogP contribution in [-0.4, -0.2) is 11.5 Å². The van der Waals surface area contributed by atoms with Crippen LogP contribution in [0.15, 0.2) is 30.3 Å². The first-order chi connectivity index (χ1) is 9.04. The van der Waals surface area contributed by atoms with Gasteiger partial charge < -0.3 is 4.90 Å². The van der Waals surface area contributed by atoms with Gasteiger partial charge >= 0.3 is 0 Å². The van der Waals surface area contributed by atoms with Crippen LogP contribution in [0.1, 0.15) is 12.5 Å². The molecule has 2 nitrogen and oxygen atoms in total. The number of anilines is 2. The Hall–Kier alpha value is -0.960. The van der Waals surface area contributed by atoms with E-state index >= 15 is 0 Å². The molecule has 0 amide bonds. The fourth-order valence-electron chi connectivity index (χ4n) is 1.92. The number of para-hydroxylation sites is 1. The fraction of sp³-hybridized carbons (Fsp3) is 0.214. The summed E-state index contributed by atoms with van der Waals surface area (Å²) in [5, 5.41) is 1.10. The minimum absolute atomic E-state index is 0.258. The molecule has 19 heavy (non-hydrogen) atoms. The fourth-order valence-corrected chi connectivity index (χ4v) is 2.52. The van der Waals surface area contributed by atoms with Gasteiger partial charge in [0.25, 0.3) is 0 Å². The van der Waals surface area contributed by atoms with E-state index in [0.29, 0.717) is 15.9 Å². The van der Waals surface area contributed by atoms with E-state index in [9.17, 15) is 0 Å². The van der Waals surface area contributed by atoms with Crippen molar-refractivity contribution in [1.29, 1.82) is 0 Å². The van der Waals surface area contributed by atoms with Gasteiger partial charge in [0.1, 0.15) is 5.15 Å². The summed E-state index contributed by atoms with van der Waals surface area (Å²) in [5.74, 6) is 0.618. The molecule has 0 unspecified atom stereocenters. The standard InChI is InChI=1S/C14H13Cl3N2/c1-3-19(12-7-5-4-6-9(12)2)14-11(16)8-10(15)13(17)18-14/h4-8H,3H2,1-2H3. The molecule has 0 radical (unpaired) electrons. The number of benzene rings is 1. The number of halogens is 3. The quantitative estimate of drug-likeness (QED) is 0.694. The number of rotatable bonds is 3. The van der Waals surface area contributed by atoms with E-state index in [1.807, 2.05) is 43.0 Å². The first-order valence-corrected chi connectivity index (χ1v) is 7.02. The van der Waals surface area contributed by atoms with Crippen molar-refractivity contribution in [2.75, 3.05) is 11.4 Å². The predicted molar refractivity (Wildman–Crippen MR) is 83.1 cm³/mol. The molecule has 0 atom stereocenters. The van der Waals surface area contributed by atoms with Crippen molar-refractivity contribution in [3.63, 3.8) is 0 Å². The molecule has 0 aliphatic heterocycles. The van der Waals surface area contributed by atoms with E-state index in [-0.39, 0.29) is 5.15 Å². The van der Waals surface area contributed by atoms with Crippen molar-refractivity contribution in [3.8, 4) is 0 Å².